The first kappa shape index (κ1) is 30.4. The van der Waals surface area contributed by atoms with Gasteiger partial charge in [0.2, 0.25) is 0 Å². The monoisotopic (exact) mass is 644 g/mol. The number of halogens is 4. The number of benzene rings is 3. The topological polar surface area (TPSA) is 118 Å². The summed E-state index contributed by atoms with van der Waals surface area (Å²) in [7, 11) is 0. The van der Waals surface area contributed by atoms with E-state index in [1.165, 1.54) is 12.1 Å². The summed E-state index contributed by atoms with van der Waals surface area (Å²) in [5, 5.41) is 15.5. The fourth-order valence-electron chi connectivity index (χ4n) is 5.12. The van der Waals surface area contributed by atoms with E-state index in [0.717, 1.165) is 28.2 Å². The molecule has 0 aliphatic carbocycles. The van der Waals surface area contributed by atoms with Gasteiger partial charge in [0, 0.05) is 52.9 Å². The van der Waals surface area contributed by atoms with E-state index in [0.29, 0.717) is 45.5 Å². The van der Waals surface area contributed by atoms with Crippen LogP contribution in [0, 0.1) is 0 Å². The van der Waals surface area contributed by atoms with Crippen molar-refractivity contribution in [2.45, 2.75) is 18.6 Å². The molecule has 9 nitrogen and oxygen atoms in total. The van der Waals surface area contributed by atoms with Crippen molar-refractivity contribution >= 4 is 23.4 Å². The number of hydrogen-bond acceptors (Lipinski definition) is 4. The van der Waals surface area contributed by atoms with Crippen LogP contribution in [0.15, 0.2) is 115 Å². The fourth-order valence-corrected chi connectivity index (χ4v) is 5.29. The second kappa shape index (κ2) is 12.4. The summed E-state index contributed by atoms with van der Waals surface area (Å²) in [6.45, 7) is 0. The lowest BCUT2D eigenvalue weighted by molar-refractivity contribution is -0.137. The van der Waals surface area contributed by atoms with Crippen molar-refractivity contribution in [2.24, 2.45) is 0 Å². The van der Waals surface area contributed by atoms with E-state index in [9.17, 15) is 22.8 Å². The van der Waals surface area contributed by atoms with Gasteiger partial charge in [0.1, 0.15) is 5.82 Å². The summed E-state index contributed by atoms with van der Waals surface area (Å²) in [4.78, 5) is 32.7. The number of nitrogens with one attached hydrogen (secondary N) is 2. The molecule has 0 saturated carbocycles. The zero-order valence-electron chi connectivity index (χ0n) is 23.7. The van der Waals surface area contributed by atoms with E-state index >= 15 is 0 Å². The van der Waals surface area contributed by atoms with Crippen molar-refractivity contribution in [1.82, 2.24) is 24.3 Å². The van der Waals surface area contributed by atoms with Crippen molar-refractivity contribution in [3.05, 3.63) is 142 Å². The number of nitrogens with zero attached hydrogens (tertiary/aromatic N) is 4. The normalized spacial score (nSPS) is 12.2. The maximum atomic E-state index is 13.8. The number of imidazole rings is 1. The summed E-state index contributed by atoms with van der Waals surface area (Å²) in [5.74, 6) is 0.515. The Bertz CT molecular complexity index is 2070. The smallest absolute Gasteiger partial charge is 0.419 e. The highest BCUT2D eigenvalue weighted by atomic mass is 35.5. The Morgan fingerprint density at radius 2 is 1.76 bits per heavy atom. The summed E-state index contributed by atoms with van der Waals surface area (Å²) < 4.78 is 42.5. The Hall–Kier alpha value is -5.62. The standard InChI is InChI=1S/C33H24ClF3N6O3/c34-24-8-11-28(43-19-23(17-39-43)33(35,36)37)26(16-24)22-12-13-42(30(44)15-22)29(14-20-4-2-1-3-5-20)31-38-18-27(41-31)21-6-9-25(10-7-21)40-32(45)46/h1-13,15-19,29,40H,14H2,(H,38,41)(H,45,46)/t29-/m0/s1. The summed E-state index contributed by atoms with van der Waals surface area (Å²) in [6.07, 6.45) is -0.356. The van der Waals surface area contributed by atoms with Crippen LogP contribution in [0.1, 0.15) is 23.0 Å². The number of H-pyrrole nitrogens is 1. The first-order valence-electron chi connectivity index (χ1n) is 13.9. The molecular weight excluding hydrogens is 621 g/mol. The number of aromatic nitrogens is 5. The van der Waals surface area contributed by atoms with Gasteiger partial charge in [0.15, 0.2) is 0 Å². The minimum absolute atomic E-state index is 0.318. The third-order valence-corrected chi connectivity index (χ3v) is 7.56. The summed E-state index contributed by atoms with van der Waals surface area (Å²) in [6, 6.07) is 23.5. The van der Waals surface area contributed by atoms with Crippen molar-refractivity contribution in [3.63, 3.8) is 0 Å². The Balaban J connectivity index is 1.37. The van der Waals surface area contributed by atoms with E-state index in [4.69, 9.17) is 21.7 Å². The lowest BCUT2D eigenvalue weighted by Crippen LogP contribution is -2.27. The lowest BCUT2D eigenvalue weighted by Gasteiger charge is -2.19. The molecule has 6 aromatic rings. The second-order valence-corrected chi connectivity index (χ2v) is 10.8. The molecule has 0 radical (unpaired) electrons. The van der Waals surface area contributed by atoms with Gasteiger partial charge in [-0.05, 0) is 47.5 Å². The van der Waals surface area contributed by atoms with Crippen LogP contribution in [0.2, 0.25) is 5.02 Å². The molecular formula is C33H24ClF3N6O3. The first-order valence-corrected chi connectivity index (χ1v) is 14.3. The number of rotatable bonds is 8. The highest BCUT2D eigenvalue weighted by Gasteiger charge is 2.32. The van der Waals surface area contributed by atoms with Gasteiger partial charge in [-0.2, -0.15) is 18.3 Å². The Morgan fingerprint density at radius 3 is 2.43 bits per heavy atom. The van der Waals surface area contributed by atoms with Crippen LogP contribution in [0.25, 0.3) is 28.1 Å². The number of alkyl halides is 3. The molecule has 3 aromatic carbocycles. The molecule has 46 heavy (non-hydrogen) atoms. The van der Waals surface area contributed by atoms with Crippen LogP contribution >= 0.6 is 11.6 Å². The van der Waals surface area contributed by atoms with Crippen LogP contribution < -0.4 is 10.9 Å². The zero-order chi connectivity index (χ0) is 32.4. The molecule has 1 atom stereocenters. The molecule has 0 saturated heterocycles. The Kier molecular flexibility index (Phi) is 8.20. The van der Waals surface area contributed by atoms with Crippen molar-refractivity contribution in [1.29, 1.82) is 0 Å². The summed E-state index contributed by atoms with van der Waals surface area (Å²) >= 11 is 6.27. The van der Waals surface area contributed by atoms with Crippen LogP contribution in [-0.2, 0) is 12.6 Å². The number of pyridine rings is 1. The fraction of sp³-hybridized carbons (Fsp3) is 0.0909. The second-order valence-electron chi connectivity index (χ2n) is 10.4. The minimum atomic E-state index is -4.56. The van der Waals surface area contributed by atoms with E-state index in [1.54, 1.807) is 59.4 Å². The van der Waals surface area contributed by atoms with Crippen LogP contribution in [-0.4, -0.2) is 35.5 Å². The molecule has 3 heterocycles. The molecule has 0 bridgehead atoms. The van der Waals surface area contributed by atoms with Crippen LogP contribution in [0.4, 0.5) is 23.7 Å². The number of aromatic amines is 1. The Labute approximate surface area is 264 Å². The Morgan fingerprint density at radius 1 is 1.00 bits per heavy atom. The third-order valence-electron chi connectivity index (χ3n) is 7.33. The van der Waals surface area contributed by atoms with E-state index < -0.39 is 23.9 Å². The van der Waals surface area contributed by atoms with Gasteiger partial charge in [-0.25, -0.2) is 14.5 Å². The molecule has 6 rings (SSSR count). The van der Waals surface area contributed by atoms with Crippen molar-refractivity contribution in [2.75, 3.05) is 5.32 Å². The van der Waals surface area contributed by atoms with Gasteiger partial charge in [0.05, 0.1) is 29.2 Å². The average Bonchev–Trinajstić information content (AvgIpc) is 3.72. The predicted molar refractivity (Wildman–Crippen MR) is 167 cm³/mol. The quantitative estimate of drug-likeness (QED) is 0.157. The van der Waals surface area contributed by atoms with Crippen LogP contribution in [0.5, 0.6) is 0 Å². The molecule has 0 spiro atoms. The van der Waals surface area contributed by atoms with Gasteiger partial charge < -0.3 is 14.7 Å². The molecule has 0 aliphatic rings. The van der Waals surface area contributed by atoms with E-state index in [1.807, 2.05) is 30.3 Å². The average molecular weight is 645 g/mol. The molecule has 3 N–H and O–H groups in total. The van der Waals surface area contributed by atoms with Gasteiger partial charge >= 0.3 is 12.3 Å². The van der Waals surface area contributed by atoms with Gasteiger partial charge in [-0.15, -0.1) is 0 Å². The van der Waals surface area contributed by atoms with E-state index in [2.05, 4.69) is 15.4 Å². The zero-order valence-corrected chi connectivity index (χ0v) is 24.5. The van der Waals surface area contributed by atoms with Gasteiger partial charge in [-0.1, -0.05) is 54.1 Å². The molecule has 1 amide bonds. The van der Waals surface area contributed by atoms with E-state index in [-0.39, 0.29) is 5.56 Å². The highest BCUT2D eigenvalue weighted by molar-refractivity contribution is 6.31. The number of carbonyl (C=O) groups is 1. The summed E-state index contributed by atoms with van der Waals surface area (Å²) in [5.41, 5.74) is 2.62. The number of amides is 1. The first-order chi connectivity index (χ1) is 22.0. The number of hydrogen-bond donors (Lipinski definition) is 3. The predicted octanol–water partition coefficient (Wildman–Crippen LogP) is 7.69. The largest absolute Gasteiger partial charge is 0.465 e. The maximum absolute atomic E-state index is 13.8. The SMILES string of the molecule is O=C(O)Nc1ccc(-c2c[nH]c([C@H](Cc3ccccc3)n3ccc(-c4cc(Cl)ccc4-n4cc(C(F)(F)F)cn4)cc3=O)n2)cc1. The van der Waals surface area contributed by atoms with Crippen molar-refractivity contribution in [3.8, 4) is 28.1 Å². The van der Waals surface area contributed by atoms with Crippen LogP contribution in [0.3, 0.4) is 0 Å². The van der Waals surface area contributed by atoms with Gasteiger partial charge in [0.25, 0.3) is 5.56 Å². The molecule has 3 aromatic heterocycles. The minimum Gasteiger partial charge on any atom is -0.465 e. The third kappa shape index (κ3) is 6.57. The molecule has 232 valence electrons. The molecule has 0 fully saturated rings. The molecule has 13 heteroatoms. The maximum Gasteiger partial charge on any atom is 0.419 e. The van der Waals surface area contributed by atoms with Crippen molar-refractivity contribution < 1.29 is 23.1 Å². The lowest BCUT2D eigenvalue weighted by atomic mass is 10.0. The van der Waals surface area contributed by atoms with Gasteiger partial charge in [-0.3, -0.25) is 10.1 Å². The molecule has 0 aliphatic heterocycles. The highest BCUT2D eigenvalue weighted by Crippen LogP contribution is 2.33. The molecule has 0 unspecified atom stereocenters. The number of anilines is 1. The number of carboxylic acid groups (broad SMARTS) is 1.